The molecule has 1 atom stereocenters. The van der Waals surface area contributed by atoms with Crippen LogP contribution in [0.15, 0.2) is 18.2 Å². The largest absolute Gasteiger partial charge is 0.493 e. The zero-order valence-electron chi connectivity index (χ0n) is 15.5. The van der Waals surface area contributed by atoms with Crippen LogP contribution >= 0.6 is 0 Å². The molecule has 3 rings (SSSR count). The normalized spacial score (nSPS) is 21.4. The Hall–Kier alpha value is -1.99. The Kier molecular flexibility index (Phi) is 6.21. The van der Waals surface area contributed by atoms with Gasteiger partial charge < -0.3 is 29.6 Å². The van der Waals surface area contributed by atoms with Crippen LogP contribution in [0.5, 0.6) is 11.5 Å². The zero-order chi connectivity index (χ0) is 18.4. The summed E-state index contributed by atoms with van der Waals surface area (Å²) in [5, 5.41) is 5.70. The van der Waals surface area contributed by atoms with E-state index in [0.29, 0.717) is 31.2 Å². The second-order valence-corrected chi connectivity index (χ2v) is 6.78. The van der Waals surface area contributed by atoms with Gasteiger partial charge in [0.05, 0.1) is 20.8 Å². The summed E-state index contributed by atoms with van der Waals surface area (Å²) in [4.78, 5) is 12.0. The maximum absolute atomic E-state index is 12.0. The van der Waals surface area contributed by atoms with E-state index in [2.05, 4.69) is 10.6 Å². The van der Waals surface area contributed by atoms with Crippen molar-refractivity contribution >= 4 is 6.03 Å². The predicted octanol–water partition coefficient (Wildman–Crippen LogP) is 2.58. The molecule has 1 aromatic rings. The highest BCUT2D eigenvalue weighted by Gasteiger charge is 2.42. The van der Waals surface area contributed by atoms with E-state index >= 15 is 0 Å². The summed E-state index contributed by atoms with van der Waals surface area (Å²) in [5.74, 6) is 0.901. The summed E-state index contributed by atoms with van der Waals surface area (Å²) >= 11 is 0. The number of rotatable bonds is 6. The number of nitrogens with one attached hydrogen (secondary N) is 2. The van der Waals surface area contributed by atoms with Gasteiger partial charge in [-0.1, -0.05) is 12.5 Å². The summed E-state index contributed by atoms with van der Waals surface area (Å²) in [6.45, 7) is 1.38. The third kappa shape index (κ3) is 4.59. The van der Waals surface area contributed by atoms with Gasteiger partial charge in [-0.2, -0.15) is 0 Å². The Balaban J connectivity index is 1.41. The molecule has 0 bridgehead atoms. The van der Waals surface area contributed by atoms with Gasteiger partial charge >= 0.3 is 6.03 Å². The van der Waals surface area contributed by atoms with Gasteiger partial charge in [-0.25, -0.2) is 4.79 Å². The maximum Gasteiger partial charge on any atom is 0.315 e. The van der Waals surface area contributed by atoms with Crippen LogP contribution in [0.1, 0.15) is 37.7 Å². The predicted molar refractivity (Wildman–Crippen MR) is 96.4 cm³/mol. The van der Waals surface area contributed by atoms with E-state index in [1.165, 1.54) is 6.42 Å². The first kappa shape index (κ1) is 18.8. The van der Waals surface area contributed by atoms with Crippen molar-refractivity contribution in [2.45, 2.75) is 50.5 Å². The average molecular weight is 364 g/mol. The third-order valence-electron chi connectivity index (χ3n) is 4.92. The minimum Gasteiger partial charge on any atom is -0.493 e. The first-order chi connectivity index (χ1) is 12.6. The number of methoxy groups -OCH3 is 2. The Bertz CT molecular complexity index is 616. The lowest BCUT2D eigenvalue weighted by Crippen LogP contribution is -2.41. The molecule has 1 aliphatic heterocycles. The average Bonchev–Trinajstić information content (AvgIpc) is 3.07. The number of carbonyl (C=O) groups is 1. The quantitative estimate of drug-likeness (QED) is 0.811. The molecule has 1 saturated carbocycles. The highest BCUT2D eigenvalue weighted by molar-refractivity contribution is 5.73. The second-order valence-electron chi connectivity index (χ2n) is 6.78. The Morgan fingerprint density at radius 1 is 1.15 bits per heavy atom. The molecule has 144 valence electrons. The molecule has 1 heterocycles. The van der Waals surface area contributed by atoms with E-state index in [4.69, 9.17) is 18.9 Å². The number of amides is 2. The van der Waals surface area contributed by atoms with Crippen LogP contribution in [-0.2, 0) is 16.0 Å². The van der Waals surface area contributed by atoms with Gasteiger partial charge in [-0.05, 0) is 30.5 Å². The second kappa shape index (κ2) is 8.60. The van der Waals surface area contributed by atoms with Crippen molar-refractivity contribution in [1.29, 1.82) is 0 Å². The number of urea groups is 1. The third-order valence-corrected chi connectivity index (χ3v) is 4.92. The van der Waals surface area contributed by atoms with Gasteiger partial charge in [-0.15, -0.1) is 0 Å². The minimum atomic E-state index is -0.402. The fourth-order valence-corrected chi connectivity index (χ4v) is 3.51. The Morgan fingerprint density at radius 2 is 1.92 bits per heavy atom. The van der Waals surface area contributed by atoms with Crippen molar-refractivity contribution in [2.24, 2.45) is 0 Å². The lowest BCUT2D eigenvalue weighted by atomic mass is 9.94. The molecule has 0 radical (unpaired) electrons. The molecule has 1 aliphatic carbocycles. The molecule has 2 amide bonds. The van der Waals surface area contributed by atoms with E-state index in [0.717, 1.165) is 31.2 Å². The highest BCUT2D eigenvalue weighted by Crippen LogP contribution is 2.37. The van der Waals surface area contributed by atoms with Crippen LogP contribution in [0.4, 0.5) is 4.79 Å². The molecular formula is C19H28N2O5. The van der Waals surface area contributed by atoms with Crippen molar-refractivity contribution in [2.75, 3.05) is 27.4 Å². The van der Waals surface area contributed by atoms with E-state index in [1.54, 1.807) is 14.2 Å². The summed E-state index contributed by atoms with van der Waals surface area (Å²) in [5.41, 5.74) is 0.930. The van der Waals surface area contributed by atoms with E-state index in [1.807, 2.05) is 18.2 Å². The molecule has 1 unspecified atom stereocenters. The lowest BCUT2D eigenvalue weighted by molar-refractivity contribution is -0.186. The molecule has 2 fully saturated rings. The summed E-state index contributed by atoms with van der Waals surface area (Å²) in [6, 6.07) is 5.33. The molecule has 26 heavy (non-hydrogen) atoms. The molecule has 7 nitrogen and oxygen atoms in total. The van der Waals surface area contributed by atoms with E-state index in [9.17, 15) is 4.79 Å². The van der Waals surface area contributed by atoms with Crippen molar-refractivity contribution in [3.63, 3.8) is 0 Å². The lowest BCUT2D eigenvalue weighted by Gasteiger charge is -2.31. The first-order valence-electron chi connectivity index (χ1n) is 9.18. The number of carbonyl (C=O) groups excluding carboxylic acids is 1. The van der Waals surface area contributed by atoms with Crippen LogP contribution in [-0.4, -0.2) is 45.3 Å². The van der Waals surface area contributed by atoms with Crippen molar-refractivity contribution < 1.29 is 23.7 Å². The molecule has 1 spiro atoms. The Morgan fingerprint density at radius 3 is 2.65 bits per heavy atom. The minimum absolute atomic E-state index is 0.0834. The SMILES string of the molecule is COc1ccc(CNC(=O)NCC2COC3(CCCCC3)O2)cc1OC. The molecule has 1 aromatic carbocycles. The summed E-state index contributed by atoms with van der Waals surface area (Å²) in [6.07, 6.45) is 5.36. The fraction of sp³-hybridized carbons (Fsp3) is 0.632. The van der Waals surface area contributed by atoms with Gasteiger partial charge in [0.2, 0.25) is 0 Å². The maximum atomic E-state index is 12.0. The molecule has 0 aromatic heterocycles. The Labute approximate surface area is 154 Å². The first-order valence-corrected chi connectivity index (χ1v) is 9.18. The van der Waals surface area contributed by atoms with Gasteiger partial charge in [-0.3, -0.25) is 0 Å². The standard InChI is InChI=1S/C19H28N2O5/c1-23-16-7-6-14(10-17(16)24-2)11-20-18(22)21-12-15-13-25-19(26-15)8-4-3-5-9-19/h6-7,10,15H,3-5,8-9,11-13H2,1-2H3,(H2,20,21,22). The van der Waals surface area contributed by atoms with Gasteiger partial charge in [0, 0.05) is 25.9 Å². The van der Waals surface area contributed by atoms with Gasteiger partial charge in [0.1, 0.15) is 6.10 Å². The number of benzene rings is 1. The fourth-order valence-electron chi connectivity index (χ4n) is 3.51. The topological polar surface area (TPSA) is 78.1 Å². The number of hydrogen-bond donors (Lipinski definition) is 2. The van der Waals surface area contributed by atoms with Crippen LogP contribution in [0.2, 0.25) is 0 Å². The van der Waals surface area contributed by atoms with Crippen molar-refractivity contribution in [3.05, 3.63) is 23.8 Å². The monoisotopic (exact) mass is 364 g/mol. The summed E-state index contributed by atoms with van der Waals surface area (Å²) < 4.78 is 22.4. The van der Waals surface area contributed by atoms with Crippen molar-refractivity contribution in [3.8, 4) is 11.5 Å². The van der Waals surface area contributed by atoms with Gasteiger partial charge in [0.15, 0.2) is 17.3 Å². The summed E-state index contributed by atoms with van der Waals surface area (Å²) in [7, 11) is 3.18. The van der Waals surface area contributed by atoms with Gasteiger partial charge in [0.25, 0.3) is 0 Å². The van der Waals surface area contributed by atoms with E-state index in [-0.39, 0.29) is 12.1 Å². The smallest absolute Gasteiger partial charge is 0.315 e. The number of hydrogen-bond acceptors (Lipinski definition) is 5. The molecule has 1 saturated heterocycles. The van der Waals surface area contributed by atoms with E-state index < -0.39 is 5.79 Å². The molecule has 2 aliphatic rings. The van der Waals surface area contributed by atoms with Crippen molar-refractivity contribution in [1.82, 2.24) is 10.6 Å². The molecule has 7 heteroatoms. The number of ether oxygens (including phenoxy) is 4. The zero-order valence-corrected chi connectivity index (χ0v) is 15.5. The van der Waals surface area contributed by atoms with Crippen LogP contribution in [0.25, 0.3) is 0 Å². The highest BCUT2D eigenvalue weighted by atomic mass is 16.7. The van der Waals surface area contributed by atoms with Crippen LogP contribution in [0, 0.1) is 0 Å². The van der Waals surface area contributed by atoms with Crippen LogP contribution in [0.3, 0.4) is 0 Å². The van der Waals surface area contributed by atoms with Crippen LogP contribution < -0.4 is 20.1 Å². The molecular weight excluding hydrogens is 336 g/mol. The molecule has 2 N–H and O–H groups in total.